The van der Waals surface area contributed by atoms with E-state index in [4.69, 9.17) is 5.11 Å². The van der Waals surface area contributed by atoms with Crippen LogP contribution in [0.4, 0.5) is 0 Å². The predicted octanol–water partition coefficient (Wildman–Crippen LogP) is -1.19. The number of carboxylic acid groups (broad SMARTS) is 1. The summed E-state index contributed by atoms with van der Waals surface area (Å²) < 4.78 is 0. The van der Waals surface area contributed by atoms with E-state index in [0.717, 1.165) is 0 Å². The van der Waals surface area contributed by atoms with Crippen molar-refractivity contribution in [2.24, 2.45) is 11.8 Å². The van der Waals surface area contributed by atoms with E-state index < -0.39 is 5.97 Å². The number of hydrogen-bond donors (Lipinski definition) is 3. The van der Waals surface area contributed by atoms with Crippen molar-refractivity contribution in [2.45, 2.75) is 13.8 Å². The predicted molar refractivity (Wildman–Crippen MR) is 58.7 cm³/mol. The highest BCUT2D eigenvalue weighted by Crippen LogP contribution is 2.23. The van der Waals surface area contributed by atoms with Gasteiger partial charge < -0.3 is 5.11 Å². The van der Waals surface area contributed by atoms with Gasteiger partial charge in [-0.2, -0.15) is 0 Å². The van der Waals surface area contributed by atoms with Gasteiger partial charge in [-0.1, -0.05) is 6.92 Å². The molecule has 3 N–H and O–H groups in total. The van der Waals surface area contributed by atoms with Crippen LogP contribution in [0, 0.1) is 11.8 Å². The molecule has 17 heavy (non-hydrogen) atoms. The molecular formula is C10H17N3O4. The van der Waals surface area contributed by atoms with Crippen molar-refractivity contribution in [2.75, 3.05) is 19.6 Å². The minimum Gasteiger partial charge on any atom is -0.481 e. The summed E-state index contributed by atoms with van der Waals surface area (Å²) >= 11 is 0. The Morgan fingerprint density at radius 1 is 1.35 bits per heavy atom. The maximum absolute atomic E-state index is 11.3. The van der Waals surface area contributed by atoms with Crippen LogP contribution in [-0.4, -0.2) is 47.4 Å². The number of likely N-dealkylation sites (tertiary alicyclic amines) is 1. The van der Waals surface area contributed by atoms with E-state index in [9.17, 15) is 14.4 Å². The number of rotatable bonds is 4. The molecular weight excluding hydrogens is 226 g/mol. The number of nitrogens with one attached hydrogen (secondary N) is 2. The number of carbonyl (C=O) groups excluding carboxylic acids is 2. The summed E-state index contributed by atoms with van der Waals surface area (Å²) in [6.07, 6.45) is 0. The molecule has 0 aliphatic carbocycles. The monoisotopic (exact) mass is 243 g/mol. The standard InChI is InChI=1S/C10H17N3O4/c1-6(10(16)17)8-3-13(4-8)5-9(15)12-11-7(2)14/h6,8H,3-5H2,1-2H3,(H,11,14)(H,12,15)(H,16,17). The molecule has 1 aliphatic rings. The second kappa shape index (κ2) is 5.62. The van der Waals surface area contributed by atoms with Gasteiger partial charge in [-0.05, 0) is 5.92 Å². The van der Waals surface area contributed by atoms with E-state index in [1.807, 2.05) is 4.90 Å². The highest BCUT2D eigenvalue weighted by molar-refractivity contribution is 5.82. The number of carboxylic acids is 1. The first-order valence-electron chi connectivity index (χ1n) is 5.40. The lowest BCUT2D eigenvalue weighted by Crippen LogP contribution is -2.55. The second-order valence-corrected chi connectivity index (χ2v) is 4.31. The van der Waals surface area contributed by atoms with Crippen molar-refractivity contribution in [3.63, 3.8) is 0 Å². The molecule has 1 unspecified atom stereocenters. The molecule has 0 radical (unpaired) electrons. The lowest BCUT2D eigenvalue weighted by Gasteiger charge is -2.40. The summed E-state index contributed by atoms with van der Waals surface area (Å²) in [5.74, 6) is -1.73. The zero-order valence-electron chi connectivity index (χ0n) is 9.90. The van der Waals surface area contributed by atoms with Crippen LogP contribution in [0.2, 0.25) is 0 Å². The highest BCUT2D eigenvalue weighted by atomic mass is 16.4. The van der Waals surface area contributed by atoms with E-state index in [-0.39, 0.29) is 30.2 Å². The molecule has 96 valence electrons. The average molecular weight is 243 g/mol. The van der Waals surface area contributed by atoms with Crippen molar-refractivity contribution in [3.05, 3.63) is 0 Å². The number of hydrazine groups is 1. The highest BCUT2D eigenvalue weighted by Gasteiger charge is 2.35. The van der Waals surface area contributed by atoms with Gasteiger partial charge in [0, 0.05) is 20.0 Å². The van der Waals surface area contributed by atoms with Gasteiger partial charge in [-0.15, -0.1) is 0 Å². The Balaban J connectivity index is 2.18. The second-order valence-electron chi connectivity index (χ2n) is 4.31. The summed E-state index contributed by atoms with van der Waals surface area (Å²) in [5.41, 5.74) is 4.44. The quantitative estimate of drug-likeness (QED) is 0.539. The molecule has 1 rings (SSSR count). The molecule has 7 heteroatoms. The summed E-state index contributed by atoms with van der Waals surface area (Å²) in [6, 6.07) is 0. The number of hydrogen-bond acceptors (Lipinski definition) is 4. The fourth-order valence-corrected chi connectivity index (χ4v) is 1.66. The molecule has 1 fully saturated rings. The Morgan fingerprint density at radius 3 is 2.41 bits per heavy atom. The van der Waals surface area contributed by atoms with Crippen molar-refractivity contribution in [1.82, 2.24) is 15.8 Å². The van der Waals surface area contributed by atoms with E-state index in [2.05, 4.69) is 10.9 Å². The molecule has 7 nitrogen and oxygen atoms in total. The first kappa shape index (κ1) is 13.4. The van der Waals surface area contributed by atoms with Gasteiger partial charge in [-0.3, -0.25) is 30.1 Å². The van der Waals surface area contributed by atoms with Gasteiger partial charge in [0.05, 0.1) is 12.5 Å². The maximum atomic E-state index is 11.3. The Hall–Kier alpha value is -1.63. The smallest absolute Gasteiger partial charge is 0.306 e. The number of aliphatic carboxylic acids is 1. The first-order valence-corrected chi connectivity index (χ1v) is 5.40. The Labute approximate surface area is 99.1 Å². The van der Waals surface area contributed by atoms with Crippen LogP contribution in [0.15, 0.2) is 0 Å². The Kier molecular flexibility index (Phi) is 4.45. The Bertz CT molecular complexity index is 326. The Morgan fingerprint density at radius 2 is 1.94 bits per heavy atom. The van der Waals surface area contributed by atoms with Crippen LogP contribution in [0.25, 0.3) is 0 Å². The third-order valence-electron chi connectivity index (χ3n) is 2.83. The fourth-order valence-electron chi connectivity index (χ4n) is 1.66. The fraction of sp³-hybridized carbons (Fsp3) is 0.700. The van der Waals surface area contributed by atoms with E-state index in [1.54, 1.807) is 6.92 Å². The van der Waals surface area contributed by atoms with Crippen molar-refractivity contribution in [1.29, 1.82) is 0 Å². The topological polar surface area (TPSA) is 98.7 Å². The molecule has 2 amide bonds. The molecule has 0 bridgehead atoms. The zero-order valence-corrected chi connectivity index (χ0v) is 9.90. The normalized spacial score (nSPS) is 18.0. The van der Waals surface area contributed by atoms with Gasteiger partial charge in [0.1, 0.15) is 0 Å². The van der Waals surface area contributed by atoms with Gasteiger partial charge in [-0.25, -0.2) is 0 Å². The largest absolute Gasteiger partial charge is 0.481 e. The summed E-state index contributed by atoms with van der Waals surface area (Å²) in [7, 11) is 0. The van der Waals surface area contributed by atoms with Crippen molar-refractivity contribution < 1.29 is 19.5 Å². The third kappa shape index (κ3) is 4.03. The number of amides is 2. The van der Waals surface area contributed by atoms with Crippen LogP contribution < -0.4 is 10.9 Å². The van der Waals surface area contributed by atoms with E-state index in [0.29, 0.717) is 13.1 Å². The zero-order chi connectivity index (χ0) is 13.0. The van der Waals surface area contributed by atoms with E-state index in [1.165, 1.54) is 6.92 Å². The van der Waals surface area contributed by atoms with Gasteiger partial charge in [0.15, 0.2) is 0 Å². The summed E-state index contributed by atoms with van der Waals surface area (Å²) in [4.78, 5) is 34.3. The molecule has 0 aromatic carbocycles. The SMILES string of the molecule is CC(=O)NNC(=O)CN1CC(C(C)C(=O)O)C1. The van der Waals surface area contributed by atoms with Crippen LogP contribution in [0.5, 0.6) is 0 Å². The average Bonchev–Trinajstić information content (AvgIpc) is 2.18. The molecule has 0 saturated carbocycles. The van der Waals surface area contributed by atoms with E-state index >= 15 is 0 Å². The molecule has 1 aliphatic heterocycles. The van der Waals surface area contributed by atoms with Gasteiger partial charge in [0.25, 0.3) is 5.91 Å². The maximum Gasteiger partial charge on any atom is 0.306 e. The minimum atomic E-state index is -0.808. The third-order valence-corrected chi connectivity index (χ3v) is 2.83. The molecule has 0 spiro atoms. The van der Waals surface area contributed by atoms with Crippen LogP contribution >= 0.6 is 0 Å². The first-order chi connectivity index (χ1) is 7.90. The van der Waals surface area contributed by atoms with Crippen LogP contribution in [-0.2, 0) is 14.4 Å². The van der Waals surface area contributed by atoms with Crippen LogP contribution in [0.3, 0.4) is 0 Å². The van der Waals surface area contributed by atoms with Gasteiger partial charge >= 0.3 is 5.97 Å². The van der Waals surface area contributed by atoms with Crippen LogP contribution in [0.1, 0.15) is 13.8 Å². The lowest BCUT2D eigenvalue weighted by atomic mass is 9.87. The molecule has 0 aromatic rings. The molecule has 0 aromatic heterocycles. The molecule has 1 saturated heterocycles. The molecule has 1 heterocycles. The molecule has 1 atom stereocenters. The minimum absolute atomic E-state index is 0.0982. The van der Waals surface area contributed by atoms with Crippen molar-refractivity contribution >= 4 is 17.8 Å². The summed E-state index contributed by atoms with van der Waals surface area (Å²) in [6.45, 7) is 4.33. The lowest BCUT2D eigenvalue weighted by molar-refractivity contribution is -0.145. The number of carbonyl (C=O) groups is 3. The van der Waals surface area contributed by atoms with Crippen molar-refractivity contribution in [3.8, 4) is 0 Å². The number of nitrogens with zero attached hydrogens (tertiary/aromatic N) is 1. The summed E-state index contributed by atoms with van der Waals surface area (Å²) in [5, 5.41) is 8.79. The van der Waals surface area contributed by atoms with Gasteiger partial charge in [0.2, 0.25) is 5.91 Å².